The van der Waals surface area contributed by atoms with Crippen LogP contribution < -0.4 is 0 Å². The minimum Gasteiger partial charge on any atom is -0.134 e. The van der Waals surface area contributed by atoms with Crippen molar-refractivity contribution in [2.75, 3.05) is 0 Å². The van der Waals surface area contributed by atoms with Crippen molar-refractivity contribution in [3.8, 4) is 54.3 Å². The number of rotatable bonds is 1. The molecule has 0 unspecified atom stereocenters. The molecule has 0 saturated carbocycles. The Morgan fingerprint density at radius 2 is 0.974 bits per heavy atom. The maximum atomic E-state index is 2.48. The molecule has 0 aliphatic heterocycles. The average Bonchev–Trinajstić information content (AvgIpc) is 3.68. The van der Waals surface area contributed by atoms with Gasteiger partial charge in [0.1, 0.15) is 0 Å². The van der Waals surface area contributed by atoms with Gasteiger partial charge in [0.2, 0.25) is 0 Å². The summed E-state index contributed by atoms with van der Waals surface area (Å²) in [6, 6.07) is 40.8. The van der Waals surface area contributed by atoms with Gasteiger partial charge in [0.25, 0.3) is 0 Å². The lowest BCUT2D eigenvalue weighted by atomic mass is 9.94. The second-order valence-electron chi connectivity index (χ2n) is 10.4. The molecule has 8 aromatic rings. The van der Waals surface area contributed by atoms with Crippen molar-refractivity contribution < 1.29 is 0 Å². The number of fused-ring (bicyclic) bond motifs is 10. The predicted molar refractivity (Wildman–Crippen MR) is 167 cm³/mol. The molecule has 0 saturated heterocycles. The Bertz CT molecular complexity index is 2320. The van der Waals surface area contributed by atoms with Gasteiger partial charge in [0, 0.05) is 52.2 Å². The molecule has 38 heavy (non-hydrogen) atoms. The van der Waals surface area contributed by atoms with Crippen molar-refractivity contribution >= 4 is 64.4 Å². The van der Waals surface area contributed by atoms with Crippen molar-refractivity contribution in [1.82, 2.24) is 0 Å². The topological polar surface area (TPSA) is 0 Å². The number of hydrogen-bond acceptors (Lipinski definition) is 2. The highest BCUT2D eigenvalue weighted by Crippen LogP contribution is 2.59. The fraction of sp³-hybridized carbons (Fsp3) is 0. The van der Waals surface area contributed by atoms with Gasteiger partial charge >= 0.3 is 0 Å². The standard InChI is InChI=1S/C36H18S2/c1-2-7-19(8-3-1)21-15-16-26-32-22(21)11-6-13-24(32)34-28-18-29-27(17-30(28)38-36(26)34)33-23-12-4-9-20-10-5-14-25(31(20)23)35(33)37-29/h1-18H. The summed E-state index contributed by atoms with van der Waals surface area (Å²) in [5.41, 5.74) is 11.0. The SMILES string of the molecule is c1ccc(-c2ccc3c4c(cccc24)-c2c-3sc3cc4c5c(sc4cc23)-c2cccc3cccc-5c23)cc1. The Labute approximate surface area is 227 Å². The van der Waals surface area contributed by atoms with Gasteiger partial charge in [-0.15, -0.1) is 22.7 Å². The van der Waals surface area contributed by atoms with Gasteiger partial charge in [-0.25, -0.2) is 0 Å². The summed E-state index contributed by atoms with van der Waals surface area (Å²) in [6.07, 6.45) is 0. The molecule has 2 aliphatic rings. The third-order valence-electron chi connectivity index (χ3n) is 8.56. The van der Waals surface area contributed by atoms with Crippen molar-refractivity contribution in [2.24, 2.45) is 0 Å². The van der Waals surface area contributed by atoms with E-state index in [2.05, 4.69) is 109 Å². The van der Waals surface area contributed by atoms with Gasteiger partial charge in [-0.2, -0.15) is 0 Å². The van der Waals surface area contributed by atoms with Crippen LogP contribution >= 0.6 is 22.7 Å². The van der Waals surface area contributed by atoms with E-state index in [4.69, 9.17) is 0 Å². The third-order valence-corrected chi connectivity index (χ3v) is 10.9. The summed E-state index contributed by atoms with van der Waals surface area (Å²) in [7, 11) is 0. The Morgan fingerprint density at radius 3 is 1.68 bits per heavy atom. The first kappa shape index (κ1) is 19.8. The van der Waals surface area contributed by atoms with Crippen LogP contribution in [0.1, 0.15) is 0 Å². The Hall–Kier alpha value is -4.24. The Morgan fingerprint density at radius 1 is 0.395 bits per heavy atom. The molecule has 10 rings (SSSR count). The molecule has 0 radical (unpaired) electrons. The zero-order valence-corrected chi connectivity index (χ0v) is 21.8. The number of benzene rings is 6. The monoisotopic (exact) mass is 514 g/mol. The molecule has 2 aromatic heterocycles. The smallest absolute Gasteiger partial charge is 0.0440 e. The molecular formula is C36H18S2. The Balaban J connectivity index is 1.25. The van der Waals surface area contributed by atoms with Crippen molar-refractivity contribution in [2.45, 2.75) is 0 Å². The van der Waals surface area contributed by atoms with Crippen LogP contribution in [0.4, 0.5) is 0 Å². The predicted octanol–water partition coefficient (Wildman–Crippen LogP) is 11.4. The zero-order valence-electron chi connectivity index (χ0n) is 20.2. The first-order valence-corrected chi connectivity index (χ1v) is 14.7. The van der Waals surface area contributed by atoms with Crippen LogP contribution in [-0.2, 0) is 0 Å². The molecule has 0 spiro atoms. The highest BCUT2D eigenvalue weighted by Gasteiger charge is 2.30. The largest absolute Gasteiger partial charge is 0.134 e. The summed E-state index contributed by atoms with van der Waals surface area (Å²) in [5, 5.41) is 8.32. The second-order valence-corrected chi connectivity index (χ2v) is 12.5. The summed E-state index contributed by atoms with van der Waals surface area (Å²) in [4.78, 5) is 2.85. The van der Waals surface area contributed by atoms with Crippen LogP contribution in [0.2, 0.25) is 0 Å². The van der Waals surface area contributed by atoms with Crippen LogP contribution in [0.3, 0.4) is 0 Å². The van der Waals surface area contributed by atoms with Crippen LogP contribution in [0, 0.1) is 0 Å². The molecule has 0 fully saturated rings. The van der Waals surface area contributed by atoms with E-state index in [-0.39, 0.29) is 0 Å². The van der Waals surface area contributed by atoms with Crippen molar-refractivity contribution in [3.05, 3.63) is 109 Å². The highest BCUT2D eigenvalue weighted by atomic mass is 32.1. The van der Waals surface area contributed by atoms with E-state index < -0.39 is 0 Å². The van der Waals surface area contributed by atoms with E-state index >= 15 is 0 Å². The van der Waals surface area contributed by atoms with E-state index in [1.54, 1.807) is 0 Å². The minimum absolute atomic E-state index is 1.28. The van der Waals surface area contributed by atoms with Gasteiger partial charge in [-0.1, -0.05) is 97.1 Å². The lowest BCUT2D eigenvalue weighted by Crippen LogP contribution is -1.83. The number of thiophene rings is 2. The van der Waals surface area contributed by atoms with Crippen molar-refractivity contribution in [1.29, 1.82) is 0 Å². The van der Waals surface area contributed by atoms with E-state index in [9.17, 15) is 0 Å². The lowest BCUT2D eigenvalue weighted by molar-refractivity contribution is 1.66. The maximum absolute atomic E-state index is 2.48. The summed E-state index contributed by atoms with van der Waals surface area (Å²) in [6.45, 7) is 0. The molecule has 2 heterocycles. The molecule has 2 aliphatic carbocycles. The quantitative estimate of drug-likeness (QED) is 0.204. The van der Waals surface area contributed by atoms with E-state index in [0.717, 1.165) is 0 Å². The maximum Gasteiger partial charge on any atom is 0.0440 e. The van der Waals surface area contributed by atoms with Crippen LogP contribution in [0.25, 0.3) is 96.0 Å². The zero-order chi connectivity index (χ0) is 24.5. The average molecular weight is 515 g/mol. The van der Waals surface area contributed by atoms with Crippen LogP contribution in [0.15, 0.2) is 109 Å². The summed E-state index contributed by atoms with van der Waals surface area (Å²) < 4.78 is 2.78. The van der Waals surface area contributed by atoms with Gasteiger partial charge < -0.3 is 0 Å². The molecule has 0 N–H and O–H groups in total. The van der Waals surface area contributed by atoms with Crippen LogP contribution in [0.5, 0.6) is 0 Å². The first-order chi connectivity index (χ1) is 18.8. The normalized spacial score (nSPS) is 12.7. The number of hydrogen-bond donors (Lipinski definition) is 0. The molecule has 0 bridgehead atoms. The minimum atomic E-state index is 1.28. The lowest BCUT2D eigenvalue weighted by Gasteiger charge is -2.10. The van der Waals surface area contributed by atoms with Gasteiger partial charge in [-0.3, -0.25) is 0 Å². The molecule has 2 heteroatoms. The van der Waals surface area contributed by atoms with E-state index in [1.165, 1.54) is 96.0 Å². The molecule has 174 valence electrons. The van der Waals surface area contributed by atoms with Gasteiger partial charge in [0.15, 0.2) is 0 Å². The fourth-order valence-electron chi connectivity index (χ4n) is 7.01. The van der Waals surface area contributed by atoms with E-state index in [0.29, 0.717) is 0 Å². The summed E-state index contributed by atoms with van der Waals surface area (Å²) in [5.74, 6) is 0. The van der Waals surface area contributed by atoms with Gasteiger partial charge in [-0.05, 0) is 55.9 Å². The Kier molecular flexibility index (Phi) is 3.54. The molecular weight excluding hydrogens is 497 g/mol. The fourth-order valence-corrected chi connectivity index (χ4v) is 9.55. The molecule has 6 aromatic carbocycles. The second kappa shape index (κ2) is 6.79. The van der Waals surface area contributed by atoms with E-state index in [1.807, 2.05) is 22.7 Å². The molecule has 0 atom stereocenters. The molecule has 0 amide bonds. The van der Waals surface area contributed by atoms with Gasteiger partial charge in [0.05, 0.1) is 0 Å². The summed E-state index contributed by atoms with van der Waals surface area (Å²) >= 11 is 3.92. The van der Waals surface area contributed by atoms with Crippen LogP contribution in [-0.4, -0.2) is 0 Å². The molecule has 0 nitrogen and oxygen atoms in total. The highest BCUT2D eigenvalue weighted by molar-refractivity contribution is 7.25. The third kappa shape index (κ3) is 2.28. The first-order valence-electron chi connectivity index (χ1n) is 13.0. The van der Waals surface area contributed by atoms with Crippen molar-refractivity contribution in [3.63, 3.8) is 0 Å².